The summed E-state index contributed by atoms with van der Waals surface area (Å²) < 4.78 is 0. The highest BCUT2D eigenvalue weighted by atomic mass is 32.1. The molecule has 0 heterocycles. The van der Waals surface area contributed by atoms with Crippen LogP contribution in [0.5, 0.6) is 0 Å². The second-order valence-electron chi connectivity index (χ2n) is 10.00. The third-order valence-electron chi connectivity index (χ3n) is 7.37. The fraction of sp³-hybridized carbons (Fsp3) is 0.423. The van der Waals surface area contributed by atoms with Crippen molar-refractivity contribution in [3.63, 3.8) is 0 Å². The Labute approximate surface area is 194 Å². The molecule has 0 aromatic heterocycles. The van der Waals surface area contributed by atoms with Crippen LogP contribution >= 0.6 is 12.2 Å². The molecule has 4 bridgehead atoms. The second-order valence-corrected chi connectivity index (χ2v) is 10.4. The van der Waals surface area contributed by atoms with Crippen LogP contribution < -0.4 is 16.0 Å². The van der Waals surface area contributed by atoms with E-state index in [2.05, 4.69) is 16.0 Å². The molecule has 2 aromatic carbocycles. The molecule has 2 aromatic rings. The summed E-state index contributed by atoms with van der Waals surface area (Å²) in [5.41, 5.74) is 2.16. The van der Waals surface area contributed by atoms with Gasteiger partial charge in [0.25, 0.3) is 5.91 Å². The Morgan fingerprint density at radius 1 is 0.844 bits per heavy atom. The summed E-state index contributed by atoms with van der Waals surface area (Å²) in [6.45, 7) is 0. The molecule has 4 aliphatic carbocycles. The van der Waals surface area contributed by atoms with Crippen molar-refractivity contribution in [2.45, 2.75) is 44.9 Å². The number of carbonyl (C=O) groups excluding carboxylic acids is 2. The highest BCUT2D eigenvalue weighted by molar-refractivity contribution is 7.80. The molecule has 4 aliphatic rings. The number of hydrogen-bond acceptors (Lipinski definition) is 3. The summed E-state index contributed by atoms with van der Waals surface area (Å²) in [6.07, 6.45) is 8.31. The lowest BCUT2D eigenvalue weighted by Gasteiger charge is -2.56. The van der Waals surface area contributed by atoms with Gasteiger partial charge >= 0.3 is 0 Å². The first-order valence-corrected chi connectivity index (χ1v) is 11.9. The normalized spacial score (nSPS) is 27.6. The van der Waals surface area contributed by atoms with Gasteiger partial charge in [0.05, 0.1) is 0 Å². The van der Waals surface area contributed by atoms with Crippen molar-refractivity contribution < 1.29 is 9.59 Å². The molecule has 4 fully saturated rings. The van der Waals surface area contributed by atoms with Crippen molar-refractivity contribution in [2.24, 2.45) is 23.2 Å². The van der Waals surface area contributed by atoms with Crippen LogP contribution in [0.4, 0.5) is 11.4 Å². The summed E-state index contributed by atoms with van der Waals surface area (Å²) in [6, 6.07) is 16.4. The number of thiocarbonyl (C=S) groups is 1. The van der Waals surface area contributed by atoms with E-state index >= 15 is 0 Å². The third-order valence-corrected chi connectivity index (χ3v) is 7.57. The molecule has 6 heteroatoms. The fourth-order valence-electron chi connectivity index (χ4n) is 6.65. The molecule has 166 valence electrons. The van der Waals surface area contributed by atoms with E-state index in [0.717, 1.165) is 23.4 Å². The van der Waals surface area contributed by atoms with Crippen LogP contribution in [0.1, 0.15) is 55.3 Å². The first-order valence-electron chi connectivity index (χ1n) is 11.5. The first kappa shape index (κ1) is 21.1. The number of nitrogens with one attached hydrogen (secondary N) is 3. The van der Waals surface area contributed by atoms with Crippen molar-refractivity contribution in [1.29, 1.82) is 0 Å². The van der Waals surface area contributed by atoms with Gasteiger partial charge in [-0.1, -0.05) is 24.3 Å². The minimum atomic E-state index is -0.172. The first-order chi connectivity index (χ1) is 15.5. The maximum absolute atomic E-state index is 12.8. The molecule has 0 aliphatic heterocycles. The van der Waals surface area contributed by atoms with E-state index in [0.29, 0.717) is 22.8 Å². The second kappa shape index (κ2) is 8.66. The molecule has 3 N–H and O–H groups in total. The van der Waals surface area contributed by atoms with E-state index in [4.69, 9.17) is 12.2 Å². The number of amides is 2. The van der Waals surface area contributed by atoms with Crippen LogP contribution in [0.2, 0.25) is 0 Å². The van der Waals surface area contributed by atoms with E-state index in [-0.39, 0.29) is 17.2 Å². The number of rotatable bonds is 5. The topological polar surface area (TPSA) is 70.2 Å². The Balaban J connectivity index is 1.15. The maximum atomic E-state index is 12.8. The average Bonchev–Trinajstić information content (AvgIpc) is 2.73. The van der Waals surface area contributed by atoms with Gasteiger partial charge in [-0.2, -0.15) is 0 Å². The zero-order valence-electron chi connectivity index (χ0n) is 18.1. The lowest BCUT2D eigenvalue weighted by Crippen LogP contribution is -2.48. The minimum Gasteiger partial charge on any atom is -0.332 e. The Bertz CT molecular complexity index is 1000. The molecule has 2 amide bonds. The highest BCUT2D eigenvalue weighted by Crippen LogP contribution is 2.61. The Morgan fingerprint density at radius 2 is 1.44 bits per heavy atom. The Hall–Kier alpha value is -2.73. The number of anilines is 2. The lowest BCUT2D eigenvalue weighted by molar-refractivity contribution is -0.127. The van der Waals surface area contributed by atoms with Gasteiger partial charge in [-0.25, -0.2) is 0 Å². The van der Waals surface area contributed by atoms with E-state index in [1.807, 2.05) is 36.4 Å². The van der Waals surface area contributed by atoms with Gasteiger partial charge < -0.3 is 16.0 Å². The van der Waals surface area contributed by atoms with Gasteiger partial charge in [-0.05, 0) is 104 Å². The predicted molar refractivity (Wildman–Crippen MR) is 130 cm³/mol. The third kappa shape index (κ3) is 4.70. The molecule has 6 rings (SSSR count). The molecule has 4 saturated carbocycles. The highest BCUT2D eigenvalue weighted by Gasteiger charge is 2.51. The van der Waals surface area contributed by atoms with Gasteiger partial charge in [-0.15, -0.1) is 0 Å². The molecule has 5 nitrogen and oxygen atoms in total. The summed E-state index contributed by atoms with van der Waals surface area (Å²) in [5, 5.41) is 9.15. The van der Waals surface area contributed by atoms with Crippen molar-refractivity contribution >= 4 is 40.5 Å². The molecule has 32 heavy (non-hydrogen) atoms. The van der Waals surface area contributed by atoms with E-state index < -0.39 is 0 Å². The van der Waals surface area contributed by atoms with Crippen LogP contribution in [0.15, 0.2) is 54.6 Å². The number of carbonyl (C=O) groups is 2. The zero-order chi connectivity index (χ0) is 22.1. The van der Waals surface area contributed by atoms with Crippen molar-refractivity contribution in [3.8, 4) is 0 Å². The quantitative estimate of drug-likeness (QED) is 0.540. The standard InChI is InChI=1S/C26H29N3O2S/c30-23(16-26-13-17-9-18(14-26)11-19(10-17)15-26)29-25(32)28-22-8-4-7-21(12-22)27-24(31)20-5-2-1-3-6-20/h1-8,12,17-19H,9-11,13-16H2,(H,27,31)(H2,28,29,30,32). The molecule has 0 spiro atoms. The van der Waals surface area contributed by atoms with Crippen LogP contribution in [0.3, 0.4) is 0 Å². The molecule has 0 atom stereocenters. The summed E-state index contributed by atoms with van der Waals surface area (Å²) >= 11 is 5.40. The van der Waals surface area contributed by atoms with Crippen LogP contribution in [0, 0.1) is 23.2 Å². The maximum Gasteiger partial charge on any atom is 0.255 e. The van der Waals surface area contributed by atoms with Gasteiger partial charge in [0.15, 0.2) is 5.11 Å². The average molecular weight is 448 g/mol. The van der Waals surface area contributed by atoms with Gasteiger partial charge in [0, 0.05) is 23.4 Å². The molecular weight excluding hydrogens is 418 g/mol. The van der Waals surface area contributed by atoms with Gasteiger partial charge in [0.1, 0.15) is 0 Å². The minimum absolute atomic E-state index is 0.0120. The molecule has 0 saturated heterocycles. The monoisotopic (exact) mass is 447 g/mol. The van der Waals surface area contributed by atoms with E-state index in [1.54, 1.807) is 18.2 Å². The molecule has 0 radical (unpaired) electrons. The molecular formula is C26H29N3O2S. The summed E-state index contributed by atoms with van der Waals surface area (Å²) in [7, 11) is 0. The predicted octanol–water partition coefficient (Wildman–Crippen LogP) is 5.36. The van der Waals surface area contributed by atoms with Crippen LogP contribution in [-0.4, -0.2) is 16.9 Å². The largest absolute Gasteiger partial charge is 0.332 e. The van der Waals surface area contributed by atoms with Gasteiger partial charge in [0.2, 0.25) is 5.91 Å². The smallest absolute Gasteiger partial charge is 0.255 e. The Morgan fingerprint density at radius 3 is 2.06 bits per heavy atom. The van der Waals surface area contributed by atoms with Crippen molar-refractivity contribution in [2.75, 3.05) is 10.6 Å². The number of benzene rings is 2. The summed E-state index contributed by atoms with van der Waals surface area (Å²) in [4.78, 5) is 25.2. The number of hydrogen-bond donors (Lipinski definition) is 3. The van der Waals surface area contributed by atoms with Crippen LogP contribution in [-0.2, 0) is 4.79 Å². The van der Waals surface area contributed by atoms with Crippen molar-refractivity contribution in [3.05, 3.63) is 60.2 Å². The van der Waals surface area contributed by atoms with Gasteiger partial charge in [-0.3, -0.25) is 9.59 Å². The van der Waals surface area contributed by atoms with Crippen molar-refractivity contribution in [1.82, 2.24) is 5.32 Å². The lowest BCUT2D eigenvalue weighted by atomic mass is 9.49. The zero-order valence-corrected chi connectivity index (χ0v) is 18.9. The van der Waals surface area contributed by atoms with E-state index in [1.165, 1.54) is 38.5 Å². The fourth-order valence-corrected chi connectivity index (χ4v) is 6.88. The van der Waals surface area contributed by atoms with Crippen LogP contribution in [0.25, 0.3) is 0 Å². The SMILES string of the molecule is O=C(CC12CC3CC(CC(C3)C1)C2)NC(=S)Nc1cccc(NC(=O)c2ccccc2)c1. The summed E-state index contributed by atoms with van der Waals surface area (Å²) in [5.74, 6) is 2.32. The Kier molecular flexibility index (Phi) is 5.72. The van der Waals surface area contributed by atoms with E-state index in [9.17, 15) is 9.59 Å². The molecule has 0 unspecified atom stereocenters.